The molecule has 27 heavy (non-hydrogen) atoms. The van der Waals surface area contributed by atoms with Gasteiger partial charge in [0.25, 0.3) is 11.1 Å². The highest BCUT2D eigenvalue weighted by atomic mass is 32.2. The number of thiophene rings is 1. The zero-order valence-corrected chi connectivity index (χ0v) is 16.7. The van der Waals surface area contributed by atoms with Gasteiger partial charge < -0.3 is 19.2 Å². The number of hydrogen-bond donors (Lipinski definition) is 1. The van der Waals surface area contributed by atoms with Gasteiger partial charge in [0.05, 0.1) is 31.6 Å². The molecule has 0 aliphatic heterocycles. The van der Waals surface area contributed by atoms with E-state index in [1.165, 1.54) is 11.8 Å². The quantitative estimate of drug-likeness (QED) is 0.571. The van der Waals surface area contributed by atoms with E-state index in [0.717, 1.165) is 4.88 Å². The van der Waals surface area contributed by atoms with Crippen molar-refractivity contribution in [3.63, 3.8) is 0 Å². The van der Waals surface area contributed by atoms with Crippen molar-refractivity contribution in [3.05, 3.63) is 40.6 Å². The van der Waals surface area contributed by atoms with Crippen LogP contribution in [0.25, 0.3) is 11.5 Å². The van der Waals surface area contributed by atoms with Crippen molar-refractivity contribution in [2.24, 2.45) is 0 Å². The Labute approximate surface area is 165 Å². The normalized spacial score (nSPS) is 11.8. The molecule has 142 valence electrons. The fourth-order valence-electron chi connectivity index (χ4n) is 2.37. The van der Waals surface area contributed by atoms with E-state index in [0.29, 0.717) is 28.2 Å². The Morgan fingerprint density at radius 1 is 1.30 bits per heavy atom. The van der Waals surface area contributed by atoms with E-state index in [-0.39, 0.29) is 17.7 Å². The van der Waals surface area contributed by atoms with Crippen LogP contribution in [0.1, 0.15) is 17.8 Å². The molecular formula is C18H19N3O4S2. The van der Waals surface area contributed by atoms with Gasteiger partial charge in [0, 0.05) is 10.9 Å². The zero-order chi connectivity index (χ0) is 19.2. The lowest BCUT2D eigenvalue weighted by Crippen LogP contribution is -2.27. The van der Waals surface area contributed by atoms with E-state index in [2.05, 4.69) is 15.5 Å². The number of benzene rings is 1. The molecule has 0 radical (unpaired) electrons. The molecule has 0 aliphatic carbocycles. The molecule has 9 heteroatoms. The van der Waals surface area contributed by atoms with E-state index < -0.39 is 0 Å². The second kappa shape index (κ2) is 8.92. The molecule has 3 rings (SSSR count). The molecule has 1 N–H and O–H groups in total. The minimum atomic E-state index is -0.0947. The third kappa shape index (κ3) is 4.81. The molecule has 1 aromatic carbocycles. The molecule has 2 aromatic heterocycles. The Bertz CT molecular complexity index is 896. The fraction of sp³-hybridized carbons (Fsp3) is 0.278. The van der Waals surface area contributed by atoms with Crippen LogP contribution in [0.3, 0.4) is 0 Å². The minimum Gasteiger partial charge on any atom is -0.497 e. The van der Waals surface area contributed by atoms with Crippen molar-refractivity contribution in [2.45, 2.75) is 18.2 Å². The molecule has 1 amide bonds. The van der Waals surface area contributed by atoms with Gasteiger partial charge in [-0.15, -0.1) is 21.5 Å². The number of carbonyl (C=O) groups excluding carboxylic acids is 1. The summed E-state index contributed by atoms with van der Waals surface area (Å²) >= 11 is 2.80. The van der Waals surface area contributed by atoms with Gasteiger partial charge in [0.2, 0.25) is 5.91 Å². The Kier molecular flexibility index (Phi) is 6.36. The zero-order valence-electron chi connectivity index (χ0n) is 15.1. The highest BCUT2D eigenvalue weighted by molar-refractivity contribution is 7.99. The molecule has 0 aliphatic rings. The third-order valence-corrected chi connectivity index (χ3v) is 5.59. The summed E-state index contributed by atoms with van der Waals surface area (Å²) in [6, 6.07) is 9.25. The maximum Gasteiger partial charge on any atom is 0.277 e. The number of nitrogens with zero attached hydrogens (tertiary/aromatic N) is 2. The van der Waals surface area contributed by atoms with Gasteiger partial charge in [-0.05, 0) is 30.5 Å². The summed E-state index contributed by atoms with van der Waals surface area (Å²) in [4.78, 5) is 13.2. The number of hydrogen-bond acceptors (Lipinski definition) is 8. The Hall–Kier alpha value is -2.52. The van der Waals surface area contributed by atoms with Crippen LogP contribution >= 0.6 is 23.1 Å². The van der Waals surface area contributed by atoms with E-state index in [4.69, 9.17) is 13.9 Å². The smallest absolute Gasteiger partial charge is 0.277 e. The van der Waals surface area contributed by atoms with E-state index >= 15 is 0 Å². The molecule has 0 saturated heterocycles. The molecule has 1 atom stereocenters. The number of thioether (sulfide) groups is 1. The first-order chi connectivity index (χ1) is 13.1. The number of nitrogens with one attached hydrogen (secondary N) is 1. The summed E-state index contributed by atoms with van der Waals surface area (Å²) in [7, 11) is 3.14. The molecule has 0 saturated carbocycles. The number of amides is 1. The monoisotopic (exact) mass is 405 g/mol. The lowest BCUT2D eigenvalue weighted by atomic mass is 10.2. The van der Waals surface area contributed by atoms with Gasteiger partial charge in [-0.1, -0.05) is 17.8 Å². The average molecular weight is 406 g/mol. The van der Waals surface area contributed by atoms with Gasteiger partial charge in [-0.25, -0.2) is 0 Å². The summed E-state index contributed by atoms with van der Waals surface area (Å²) in [6.07, 6.45) is 0. The Morgan fingerprint density at radius 2 is 2.15 bits per heavy atom. The van der Waals surface area contributed by atoms with Crippen molar-refractivity contribution in [1.29, 1.82) is 0 Å². The average Bonchev–Trinajstić information content (AvgIpc) is 3.37. The molecule has 0 unspecified atom stereocenters. The molecule has 7 nitrogen and oxygen atoms in total. The fourth-order valence-corrected chi connectivity index (χ4v) is 3.68. The van der Waals surface area contributed by atoms with E-state index in [9.17, 15) is 4.79 Å². The minimum absolute atomic E-state index is 0.0279. The highest BCUT2D eigenvalue weighted by Gasteiger charge is 2.16. The van der Waals surface area contributed by atoms with Crippen LogP contribution in [0.2, 0.25) is 0 Å². The van der Waals surface area contributed by atoms with Crippen molar-refractivity contribution < 1.29 is 18.7 Å². The van der Waals surface area contributed by atoms with Gasteiger partial charge in [0.1, 0.15) is 11.5 Å². The van der Waals surface area contributed by atoms with Gasteiger partial charge in [0.15, 0.2) is 0 Å². The summed E-state index contributed by atoms with van der Waals surface area (Å²) in [5, 5.41) is 13.3. The molecule has 3 aromatic rings. The van der Waals surface area contributed by atoms with Crippen molar-refractivity contribution in [1.82, 2.24) is 15.5 Å². The van der Waals surface area contributed by atoms with Crippen molar-refractivity contribution in [3.8, 4) is 23.0 Å². The molecule has 0 fully saturated rings. The van der Waals surface area contributed by atoms with Gasteiger partial charge >= 0.3 is 0 Å². The lowest BCUT2D eigenvalue weighted by molar-refractivity contribution is -0.119. The summed E-state index contributed by atoms with van der Waals surface area (Å²) in [5.74, 6) is 1.65. The summed E-state index contributed by atoms with van der Waals surface area (Å²) in [5.41, 5.74) is 0.661. The summed E-state index contributed by atoms with van der Waals surface area (Å²) in [6.45, 7) is 1.95. The van der Waals surface area contributed by atoms with Crippen molar-refractivity contribution >= 4 is 29.0 Å². The van der Waals surface area contributed by atoms with Crippen LogP contribution < -0.4 is 14.8 Å². The van der Waals surface area contributed by atoms with E-state index in [1.807, 2.05) is 24.4 Å². The first-order valence-electron chi connectivity index (χ1n) is 8.12. The Morgan fingerprint density at radius 3 is 2.85 bits per heavy atom. The molecule has 0 spiro atoms. The maximum absolute atomic E-state index is 12.1. The van der Waals surface area contributed by atoms with E-state index in [1.54, 1.807) is 43.8 Å². The number of rotatable bonds is 8. The predicted molar refractivity (Wildman–Crippen MR) is 104 cm³/mol. The highest BCUT2D eigenvalue weighted by Crippen LogP contribution is 2.33. The first-order valence-corrected chi connectivity index (χ1v) is 9.98. The lowest BCUT2D eigenvalue weighted by Gasteiger charge is -2.11. The van der Waals surface area contributed by atoms with Crippen LogP contribution in [0.15, 0.2) is 45.4 Å². The number of aromatic nitrogens is 2. The molecule has 0 bridgehead atoms. The topological polar surface area (TPSA) is 86.5 Å². The second-order valence-corrected chi connectivity index (χ2v) is 7.44. The third-order valence-electron chi connectivity index (χ3n) is 3.72. The SMILES string of the molecule is COc1ccc(-c2nnc(SCC(=O)N[C@H](C)c3cccs3)o2)c(OC)c1. The standard InChI is InChI=1S/C18H19N3O4S2/c1-11(15-5-4-8-26-15)19-16(22)10-27-18-21-20-17(25-18)13-7-6-12(23-2)9-14(13)24-3/h4-9,11H,10H2,1-3H3,(H,19,22)/t11-/m1/s1. The maximum atomic E-state index is 12.1. The van der Waals surface area contributed by atoms with Crippen molar-refractivity contribution in [2.75, 3.05) is 20.0 Å². The van der Waals surface area contributed by atoms with Crippen LogP contribution in [0.5, 0.6) is 11.5 Å². The molecular weight excluding hydrogens is 386 g/mol. The number of carbonyl (C=O) groups is 1. The number of methoxy groups -OCH3 is 2. The first kappa shape index (κ1) is 19.2. The van der Waals surface area contributed by atoms with Crippen LogP contribution in [-0.4, -0.2) is 36.1 Å². The van der Waals surface area contributed by atoms with Crippen LogP contribution in [0, 0.1) is 0 Å². The second-order valence-electron chi connectivity index (χ2n) is 5.53. The molecule has 2 heterocycles. The van der Waals surface area contributed by atoms with Gasteiger partial charge in [-0.3, -0.25) is 4.79 Å². The van der Waals surface area contributed by atoms with Crippen LogP contribution in [0.4, 0.5) is 0 Å². The predicted octanol–water partition coefficient (Wildman–Crippen LogP) is 3.78. The number of ether oxygens (including phenoxy) is 2. The largest absolute Gasteiger partial charge is 0.497 e. The Balaban J connectivity index is 1.60. The van der Waals surface area contributed by atoms with Crippen LogP contribution in [-0.2, 0) is 4.79 Å². The summed E-state index contributed by atoms with van der Waals surface area (Å²) < 4.78 is 16.2. The van der Waals surface area contributed by atoms with Gasteiger partial charge in [-0.2, -0.15) is 0 Å².